The highest BCUT2D eigenvalue weighted by Crippen LogP contribution is 2.43. The van der Waals surface area contributed by atoms with Crippen LogP contribution in [0.4, 0.5) is 0 Å². The Morgan fingerprint density at radius 1 is 0.395 bits per heavy atom. The number of likely N-dealkylation sites (N-methyl/N-ethyl adjacent to an activating group) is 1. The van der Waals surface area contributed by atoms with Crippen molar-refractivity contribution in [3.05, 3.63) is 24.3 Å². The second-order valence-electron chi connectivity index (χ2n) is 23.9. The molecule has 0 amide bonds. The molecule has 0 rings (SSSR count). The Morgan fingerprint density at radius 2 is 0.684 bits per heavy atom. The number of hydrogen-bond donors (Lipinski definition) is 1. The Hall–Kier alpha value is -1.51. The summed E-state index contributed by atoms with van der Waals surface area (Å²) in [6.45, 7) is 4.42. The molecule has 450 valence electrons. The normalized spacial score (nSPS) is 13.3. The molecule has 0 aromatic heterocycles. The van der Waals surface area contributed by atoms with E-state index in [1.807, 2.05) is 21.1 Å². The summed E-state index contributed by atoms with van der Waals surface area (Å²) >= 11 is 0. The summed E-state index contributed by atoms with van der Waals surface area (Å²) in [4.78, 5) is 35.6. The Labute approximate surface area is 472 Å². The van der Waals surface area contributed by atoms with Crippen molar-refractivity contribution in [1.29, 1.82) is 0 Å². The summed E-state index contributed by atoms with van der Waals surface area (Å²) in [7, 11) is 1.49. The van der Waals surface area contributed by atoms with Crippen molar-refractivity contribution in [2.75, 3.05) is 47.5 Å². The smallest absolute Gasteiger partial charge is 0.462 e. The van der Waals surface area contributed by atoms with Gasteiger partial charge in [-0.25, -0.2) is 4.57 Å². The van der Waals surface area contributed by atoms with Crippen molar-refractivity contribution in [2.24, 2.45) is 0 Å². The number of phosphoric ester groups is 1. The molecule has 1 N–H and O–H groups in total. The number of esters is 2. The molecule has 2 atom stereocenters. The average Bonchev–Trinajstić information content (AvgIpc) is 3.38. The molecule has 0 aromatic rings. The minimum atomic E-state index is -4.38. The van der Waals surface area contributed by atoms with Gasteiger partial charge in [-0.2, -0.15) is 0 Å². The summed E-state index contributed by atoms with van der Waals surface area (Å²) in [6, 6.07) is 0. The van der Waals surface area contributed by atoms with E-state index in [-0.39, 0.29) is 32.0 Å². The minimum Gasteiger partial charge on any atom is -0.462 e. The van der Waals surface area contributed by atoms with Crippen LogP contribution in [0.15, 0.2) is 24.3 Å². The number of nitrogens with zero attached hydrogens (tertiary/aromatic N) is 1. The first-order valence-corrected chi connectivity index (χ1v) is 34.6. The molecule has 0 aliphatic heterocycles. The minimum absolute atomic E-state index is 0.0333. The lowest BCUT2D eigenvalue weighted by atomic mass is 10.0. The largest absolute Gasteiger partial charge is 0.472 e. The van der Waals surface area contributed by atoms with Crippen LogP contribution in [-0.4, -0.2) is 74.9 Å². The SMILES string of the molecule is CCCC/C=C\CCCCCCCC(=O)OCC(COP(=O)(O)OCC[N+](C)(C)C)OC(=O)CCCCCCCCCCCCCCCCCCCCCCCCCCCCCCC/C=C\CCCCCCCCCC. The van der Waals surface area contributed by atoms with Gasteiger partial charge in [-0.15, -0.1) is 0 Å². The van der Waals surface area contributed by atoms with Gasteiger partial charge in [-0.1, -0.05) is 289 Å². The zero-order valence-corrected chi connectivity index (χ0v) is 52.2. The number of phosphoric acid groups is 1. The summed E-state index contributed by atoms with van der Waals surface area (Å²) in [5.74, 6) is -0.794. The van der Waals surface area contributed by atoms with Crippen molar-refractivity contribution in [1.82, 2.24) is 0 Å². The van der Waals surface area contributed by atoms with E-state index in [9.17, 15) is 19.0 Å². The standard InChI is InChI=1S/C66H128NO8P/c1-6-8-10-12-14-16-18-19-20-21-22-23-24-25-26-27-28-29-30-31-32-33-34-35-36-37-38-39-40-41-42-43-44-45-46-47-49-51-53-55-57-59-66(69)75-64(63-74-76(70,71)73-61-60-67(3,4)5)62-72-65(68)58-56-54-52-50-48-17-15-13-11-9-7-2/h13,15,21-22,64H,6-12,14,16-20,23-63H2,1-5H3/p+1/b15-13-,22-21-. The zero-order valence-electron chi connectivity index (χ0n) is 51.3. The topological polar surface area (TPSA) is 108 Å². The highest BCUT2D eigenvalue weighted by Gasteiger charge is 2.27. The number of carbonyl (C=O) groups excluding carboxylic acids is 2. The Kier molecular flexibility index (Phi) is 57.0. The van der Waals surface area contributed by atoms with Crippen LogP contribution in [0.2, 0.25) is 0 Å². The molecule has 0 aliphatic carbocycles. The number of quaternary nitrogens is 1. The molecule has 2 unspecified atom stereocenters. The summed E-state index contributed by atoms with van der Waals surface area (Å²) < 4.78 is 34.5. The van der Waals surface area contributed by atoms with Crippen LogP contribution in [-0.2, 0) is 32.7 Å². The Morgan fingerprint density at radius 3 is 1.01 bits per heavy atom. The van der Waals surface area contributed by atoms with Gasteiger partial charge in [0.05, 0.1) is 27.7 Å². The lowest BCUT2D eigenvalue weighted by Gasteiger charge is -2.24. The number of ether oxygens (including phenoxy) is 2. The van der Waals surface area contributed by atoms with E-state index in [1.165, 1.54) is 244 Å². The quantitative estimate of drug-likeness (QED) is 0.0211. The lowest BCUT2D eigenvalue weighted by molar-refractivity contribution is -0.870. The number of carbonyl (C=O) groups is 2. The first-order valence-electron chi connectivity index (χ1n) is 33.1. The first-order chi connectivity index (χ1) is 37.0. The maximum absolute atomic E-state index is 12.8. The fourth-order valence-corrected chi connectivity index (χ4v) is 10.6. The number of unbranched alkanes of at least 4 members (excludes halogenated alkanes) is 44. The van der Waals surface area contributed by atoms with Gasteiger partial charge in [-0.3, -0.25) is 18.6 Å². The molecule has 0 spiro atoms. The van der Waals surface area contributed by atoms with Crippen LogP contribution in [0.25, 0.3) is 0 Å². The van der Waals surface area contributed by atoms with Crippen LogP contribution >= 0.6 is 7.82 Å². The van der Waals surface area contributed by atoms with Crippen molar-refractivity contribution in [3.63, 3.8) is 0 Å². The van der Waals surface area contributed by atoms with Crippen molar-refractivity contribution in [3.8, 4) is 0 Å². The zero-order chi connectivity index (χ0) is 55.6. The van der Waals surface area contributed by atoms with Gasteiger partial charge in [-0.05, 0) is 57.8 Å². The van der Waals surface area contributed by atoms with Gasteiger partial charge in [0.1, 0.15) is 19.8 Å². The molecule has 0 aliphatic rings. The molecule has 0 saturated carbocycles. The molecular weight excluding hydrogens is 966 g/mol. The monoisotopic (exact) mass is 1090 g/mol. The van der Waals surface area contributed by atoms with Gasteiger partial charge in [0.15, 0.2) is 6.10 Å². The molecule has 10 heteroatoms. The molecule has 9 nitrogen and oxygen atoms in total. The maximum Gasteiger partial charge on any atom is 0.472 e. The van der Waals surface area contributed by atoms with E-state index in [2.05, 4.69) is 38.2 Å². The molecule has 0 saturated heterocycles. The van der Waals surface area contributed by atoms with E-state index in [1.54, 1.807) is 0 Å². The van der Waals surface area contributed by atoms with Crippen molar-refractivity contribution >= 4 is 19.8 Å². The summed E-state index contributed by atoms with van der Waals surface area (Å²) in [5, 5.41) is 0. The average molecular weight is 1100 g/mol. The van der Waals surface area contributed by atoms with Crippen LogP contribution in [0.5, 0.6) is 0 Å². The molecular formula is C66H129NO8P+. The third kappa shape index (κ3) is 61.7. The molecule has 0 radical (unpaired) electrons. The van der Waals surface area contributed by atoms with Crippen molar-refractivity contribution in [2.45, 2.75) is 341 Å². The highest BCUT2D eigenvalue weighted by molar-refractivity contribution is 7.47. The number of rotatable bonds is 62. The molecule has 0 bridgehead atoms. The Balaban J connectivity index is 3.78. The van der Waals surface area contributed by atoms with Gasteiger partial charge >= 0.3 is 19.8 Å². The van der Waals surface area contributed by atoms with Gasteiger partial charge in [0, 0.05) is 12.8 Å². The predicted molar refractivity (Wildman–Crippen MR) is 326 cm³/mol. The van der Waals surface area contributed by atoms with E-state index in [0.29, 0.717) is 17.4 Å². The van der Waals surface area contributed by atoms with Gasteiger partial charge in [0.25, 0.3) is 0 Å². The lowest BCUT2D eigenvalue weighted by Crippen LogP contribution is -2.37. The second kappa shape index (κ2) is 58.2. The molecule has 76 heavy (non-hydrogen) atoms. The van der Waals surface area contributed by atoms with Crippen LogP contribution < -0.4 is 0 Å². The van der Waals surface area contributed by atoms with Gasteiger partial charge in [0.2, 0.25) is 0 Å². The fraction of sp³-hybridized carbons (Fsp3) is 0.909. The first kappa shape index (κ1) is 74.5. The van der Waals surface area contributed by atoms with E-state index in [0.717, 1.165) is 57.8 Å². The third-order valence-corrected chi connectivity index (χ3v) is 15.9. The highest BCUT2D eigenvalue weighted by atomic mass is 31.2. The van der Waals surface area contributed by atoms with E-state index in [4.69, 9.17) is 18.5 Å². The Bertz CT molecular complexity index is 1330. The molecule has 0 aromatic carbocycles. The maximum atomic E-state index is 12.8. The fourth-order valence-electron chi connectivity index (χ4n) is 9.82. The molecule has 0 fully saturated rings. The third-order valence-electron chi connectivity index (χ3n) is 15.0. The van der Waals surface area contributed by atoms with E-state index >= 15 is 0 Å². The van der Waals surface area contributed by atoms with Crippen LogP contribution in [0.3, 0.4) is 0 Å². The van der Waals surface area contributed by atoms with Crippen LogP contribution in [0, 0.1) is 0 Å². The van der Waals surface area contributed by atoms with E-state index < -0.39 is 26.5 Å². The van der Waals surface area contributed by atoms with Crippen LogP contribution in [0.1, 0.15) is 335 Å². The predicted octanol–water partition coefficient (Wildman–Crippen LogP) is 20.9. The van der Waals surface area contributed by atoms with Gasteiger partial charge < -0.3 is 18.9 Å². The number of allylic oxidation sites excluding steroid dienone is 4. The second-order valence-corrected chi connectivity index (χ2v) is 25.3. The summed E-state index contributed by atoms with van der Waals surface area (Å²) in [6.07, 6.45) is 71.8. The summed E-state index contributed by atoms with van der Waals surface area (Å²) in [5.41, 5.74) is 0. The van der Waals surface area contributed by atoms with Crippen molar-refractivity contribution < 1.29 is 42.1 Å². The molecule has 0 heterocycles. The number of hydrogen-bond acceptors (Lipinski definition) is 7.